The predicted octanol–water partition coefficient (Wildman–Crippen LogP) is -0.470. The van der Waals surface area contributed by atoms with Crippen LogP contribution < -0.4 is 17.1 Å². The van der Waals surface area contributed by atoms with Crippen molar-refractivity contribution >= 4 is 17.9 Å². The maximum atomic E-state index is 12.8. The molecule has 1 aromatic rings. The number of ether oxygens (including phenoxy) is 3. The Morgan fingerprint density at radius 2 is 0.818 bits per heavy atom. The summed E-state index contributed by atoms with van der Waals surface area (Å²) in [4.78, 5) is 71.7. The van der Waals surface area contributed by atoms with Crippen LogP contribution in [0, 0.1) is 0 Å². The molecular weight excluding hydrogens is 438 g/mol. The summed E-state index contributed by atoms with van der Waals surface area (Å²) < 4.78 is 17.1. The lowest BCUT2D eigenvalue weighted by Gasteiger charge is -2.14. The molecule has 0 fully saturated rings. The van der Waals surface area contributed by atoms with Crippen LogP contribution in [0.15, 0.2) is 52.3 Å². The number of rotatable bonds is 15. The summed E-state index contributed by atoms with van der Waals surface area (Å²) in [5.41, 5.74) is -2.53. The molecule has 0 saturated heterocycles. The number of nitrogens with zero attached hydrogens (tertiary/aromatic N) is 3. The highest BCUT2D eigenvalue weighted by atomic mass is 16.5. The van der Waals surface area contributed by atoms with E-state index >= 15 is 0 Å². The lowest BCUT2D eigenvalue weighted by atomic mass is 10.4. The van der Waals surface area contributed by atoms with Crippen LogP contribution in [-0.4, -0.2) is 51.4 Å². The van der Waals surface area contributed by atoms with Crippen LogP contribution in [0.2, 0.25) is 0 Å². The zero-order valence-corrected chi connectivity index (χ0v) is 18.2. The van der Waals surface area contributed by atoms with Crippen molar-refractivity contribution in [3.63, 3.8) is 0 Å². The van der Waals surface area contributed by atoms with E-state index in [0.717, 1.165) is 31.9 Å². The fourth-order valence-electron chi connectivity index (χ4n) is 2.62. The zero-order valence-electron chi connectivity index (χ0n) is 18.2. The van der Waals surface area contributed by atoms with Gasteiger partial charge in [-0.1, -0.05) is 19.7 Å². The van der Waals surface area contributed by atoms with Crippen LogP contribution in [0.4, 0.5) is 0 Å². The zero-order chi connectivity index (χ0) is 24.8. The summed E-state index contributed by atoms with van der Waals surface area (Å²) >= 11 is 0. The highest BCUT2D eigenvalue weighted by Gasteiger charge is 2.15. The second kappa shape index (κ2) is 14.2. The topological polar surface area (TPSA) is 145 Å². The van der Waals surface area contributed by atoms with Gasteiger partial charge in [-0.2, -0.15) is 0 Å². The van der Waals surface area contributed by atoms with Gasteiger partial charge in [0.2, 0.25) is 0 Å². The quantitative estimate of drug-likeness (QED) is 0.145. The van der Waals surface area contributed by atoms with Crippen LogP contribution in [0.5, 0.6) is 0 Å². The molecule has 0 radical (unpaired) electrons. The molecule has 180 valence electrons. The number of carbonyl (C=O) groups excluding carboxylic acids is 3. The summed E-state index contributed by atoms with van der Waals surface area (Å²) in [6.07, 6.45) is 3.37. The number of esters is 3. The van der Waals surface area contributed by atoms with Gasteiger partial charge < -0.3 is 14.2 Å². The molecular formula is C21H27N3O9. The van der Waals surface area contributed by atoms with Crippen LogP contribution in [0.1, 0.15) is 19.3 Å². The van der Waals surface area contributed by atoms with E-state index in [-0.39, 0.29) is 58.7 Å². The lowest BCUT2D eigenvalue weighted by molar-refractivity contribution is -0.138. The molecule has 0 amide bonds. The van der Waals surface area contributed by atoms with E-state index in [0.29, 0.717) is 0 Å². The van der Waals surface area contributed by atoms with Crippen LogP contribution >= 0.6 is 0 Å². The molecule has 0 unspecified atom stereocenters. The number of hydrogen-bond acceptors (Lipinski definition) is 9. The van der Waals surface area contributed by atoms with Gasteiger partial charge in [0.05, 0.1) is 19.8 Å². The molecule has 12 heteroatoms. The Morgan fingerprint density at radius 3 is 1.03 bits per heavy atom. The van der Waals surface area contributed by atoms with E-state index in [1.54, 1.807) is 0 Å². The normalized spacial score (nSPS) is 10.2. The van der Waals surface area contributed by atoms with E-state index < -0.39 is 35.0 Å². The second-order valence-corrected chi connectivity index (χ2v) is 6.48. The van der Waals surface area contributed by atoms with E-state index in [1.165, 1.54) is 0 Å². The molecule has 0 atom stereocenters. The van der Waals surface area contributed by atoms with Crippen molar-refractivity contribution in [1.82, 2.24) is 13.7 Å². The van der Waals surface area contributed by atoms with Gasteiger partial charge in [-0.05, 0) is 19.3 Å². The molecule has 0 aromatic carbocycles. The Morgan fingerprint density at radius 1 is 0.576 bits per heavy atom. The number of aromatic nitrogens is 3. The Balaban J connectivity index is 3.09. The van der Waals surface area contributed by atoms with Gasteiger partial charge in [0.25, 0.3) is 0 Å². The van der Waals surface area contributed by atoms with Gasteiger partial charge in [0.15, 0.2) is 0 Å². The summed E-state index contributed by atoms with van der Waals surface area (Å²) in [7, 11) is 0. The van der Waals surface area contributed by atoms with Crippen molar-refractivity contribution in [2.75, 3.05) is 19.8 Å². The van der Waals surface area contributed by atoms with E-state index in [4.69, 9.17) is 14.2 Å². The van der Waals surface area contributed by atoms with Crippen LogP contribution in [0.25, 0.3) is 0 Å². The van der Waals surface area contributed by atoms with Crippen molar-refractivity contribution in [2.45, 2.75) is 38.9 Å². The molecule has 0 spiro atoms. The molecule has 1 aromatic heterocycles. The minimum Gasteiger partial charge on any atom is -0.462 e. The molecule has 0 aliphatic heterocycles. The first-order chi connectivity index (χ1) is 15.8. The third kappa shape index (κ3) is 8.59. The Bertz CT molecular complexity index is 899. The molecule has 12 nitrogen and oxygen atoms in total. The van der Waals surface area contributed by atoms with Gasteiger partial charge in [-0.25, -0.2) is 42.5 Å². The summed E-state index contributed by atoms with van der Waals surface area (Å²) in [5.74, 6) is -1.94. The number of carbonyl (C=O) groups is 3. The van der Waals surface area contributed by atoms with Crippen molar-refractivity contribution in [2.24, 2.45) is 0 Å². The maximum absolute atomic E-state index is 12.8. The van der Waals surface area contributed by atoms with Crippen LogP contribution in [0.3, 0.4) is 0 Å². The van der Waals surface area contributed by atoms with Gasteiger partial charge in [-0.3, -0.25) is 0 Å². The van der Waals surface area contributed by atoms with E-state index in [2.05, 4.69) is 19.7 Å². The molecule has 0 aliphatic rings. The van der Waals surface area contributed by atoms with Gasteiger partial charge in [0, 0.05) is 37.9 Å². The van der Waals surface area contributed by atoms with Crippen molar-refractivity contribution in [3.8, 4) is 0 Å². The number of hydrogen-bond donors (Lipinski definition) is 0. The Kier molecular flexibility index (Phi) is 11.6. The van der Waals surface area contributed by atoms with Crippen LogP contribution in [-0.2, 0) is 48.2 Å². The average molecular weight is 465 g/mol. The van der Waals surface area contributed by atoms with Crippen molar-refractivity contribution in [3.05, 3.63) is 69.4 Å². The van der Waals surface area contributed by atoms with E-state index in [9.17, 15) is 28.8 Å². The average Bonchev–Trinajstić information content (AvgIpc) is 2.81. The van der Waals surface area contributed by atoms with Gasteiger partial charge in [-0.15, -0.1) is 0 Å². The molecule has 0 aliphatic carbocycles. The molecule has 1 rings (SSSR count). The molecule has 0 N–H and O–H groups in total. The minimum absolute atomic E-state index is 0.0646. The van der Waals surface area contributed by atoms with E-state index in [1.807, 2.05) is 0 Å². The minimum atomic E-state index is -0.843. The Labute approximate surface area is 189 Å². The maximum Gasteiger partial charge on any atom is 0.336 e. The monoisotopic (exact) mass is 465 g/mol. The summed E-state index contributed by atoms with van der Waals surface area (Å²) in [6, 6.07) is 0. The molecule has 1 heterocycles. The highest BCUT2D eigenvalue weighted by Crippen LogP contribution is 1.92. The highest BCUT2D eigenvalue weighted by molar-refractivity contribution is 5.81. The fraction of sp³-hybridized carbons (Fsp3) is 0.429. The summed E-state index contributed by atoms with van der Waals surface area (Å²) in [6.45, 7) is 9.27. The van der Waals surface area contributed by atoms with Gasteiger partial charge in [0.1, 0.15) is 0 Å². The van der Waals surface area contributed by atoms with Crippen molar-refractivity contribution < 1.29 is 28.6 Å². The third-order valence-electron chi connectivity index (χ3n) is 4.20. The molecule has 0 bridgehead atoms. The first kappa shape index (κ1) is 27.1. The molecule has 33 heavy (non-hydrogen) atoms. The lowest BCUT2D eigenvalue weighted by Crippen LogP contribution is -2.54. The smallest absolute Gasteiger partial charge is 0.336 e. The standard InChI is InChI=1S/C21H27N3O9/c1-4-16(25)31-13-7-10-22-19(28)23(11-8-14-32-17(26)5-2)21(30)24(20(22)29)12-9-15-33-18(27)6-3/h4-6H,1-3,7-15H2. The second-order valence-electron chi connectivity index (χ2n) is 6.48. The predicted molar refractivity (Wildman–Crippen MR) is 117 cm³/mol. The largest absolute Gasteiger partial charge is 0.462 e. The fourth-order valence-corrected chi connectivity index (χ4v) is 2.62. The van der Waals surface area contributed by atoms with Crippen molar-refractivity contribution in [1.29, 1.82) is 0 Å². The SMILES string of the molecule is C=CC(=O)OCCCn1c(=O)n(CCCOC(=O)C=C)c(=O)n(CCCOC(=O)C=C)c1=O. The first-order valence-corrected chi connectivity index (χ1v) is 10.1. The van der Waals surface area contributed by atoms with Gasteiger partial charge >= 0.3 is 35.0 Å². The molecule has 0 saturated carbocycles. The summed E-state index contributed by atoms with van der Waals surface area (Å²) in [5, 5.41) is 0. The first-order valence-electron chi connectivity index (χ1n) is 10.1. The third-order valence-corrected chi connectivity index (χ3v) is 4.20. The Hall–Kier alpha value is -3.96.